The molecule has 7 heteroatoms. The molecule has 0 atom stereocenters. The lowest BCUT2D eigenvalue weighted by Crippen LogP contribution is -2.22. The Labute approximate surface area is 168 Å². The Kier molecular flexibility index (Phi) is 7.63. The minimum absolute atomic E-state index is 0.119. The van der Waals surface area contributed by atoms with Crippen LogP contribution in [-0.2, 0) is 19.1 Å². The molecule has 0 saturated carbocycles. The van der Waals surface area contributed by atoms with Crippen LogP contribution in [0.15, 0.2) is 41.3 Å². The van der Waals surface area contributed by atoms with E-state index in [9.17, 15) is 14.4 Å². The van der Waals surface area contributed by atoms with Crippen molar-refractivity contribution >= 4 is 35.3 Å². The third-order valence-electron chi connectivity index (χ3n) is 3.99. The van der Waals surface area contributed by atoms with Gasteiger partial charge in [0.25, 0.3) is 5.91 Å². The lowest BCUT2D eigenvalue weighted by Gasteiger charge is -2.11. The highest BCUT2D eigenvalue weighted by Crippen LogP contribution is 2.23. The van der Waals surface area contributed by atoms with Gasteiger partial charge in [-0.1, -0.05) is 23.8 Å². The third kappa shape index (κ3) is 6.13. The normalized spacial score (nSPS) is 10.3. The molecular weight excluding hydrogens is 378 g/mol. The second-order valence-corrected chi connectivity index (χ2v) is 7.30. The monoisotopic (exact) mass is 401 g/mol. The Bertz CT molecular complexity index is 894. The first-order valence-corrected chi connectivity index (χ1v) is 9.63. The second kappa shape index (κ2) is 9.94. The zero-order valence-electron chi connectivity index (χ0n) is 16.3. The van der Waals surface area contributed by atoms with Crippen LogP contribution in [0, 0.1) is 20.8 Å². The summed E-state index contributed by atoms with van der Waals surface area (Å²) >= 11 is 1.38. The predicted molar refractivity (Wildman–Crippen MR) is 109 cm³/mol. The van der Waals surface area contributed by atoms with Crippen molar-refractivity contribution in [3.63, 3.8) is 0 Å². The Hall–Kier alpha value is -2.80. The SMILES string of the molecule is COC(=O)c1ccc(C)c(NC(=O)COC(=O)CSc2cc(C)ccc2C)c1. The number of benzene rings is 2. The van der Waals surface area contributed by atoms with E-state index in [1.807, 2.05) is 32.0 Å². The van der Waals surface area contributed by atoms with E-state index in [1.54, 1.807) is 19.1 Å². The number of carbonyl (C=O) groups excluding carboxylic acids is 3. The van der Waals surface area contributed by atoms with Crippen LogP contribution >= 0.6 is 11.8 Å². The molecule has 1 N–H and O–H groups in total. The summed E-state index contributed by atoms with van der Waals surface area (Å²) in [5.41, 5.74) is 3.77. The molecule has 2 aromatic carbocycles. The second-order valence-electron chi connectivity index (χ2n) is 6.29. The van der Waals surface area contributed by atoms with Crippen molar-refractivity contribution in [1.82, 2.24) is 0 Å². The fourth-order valence-corrected chi connectivity index (χ4v) is 3.30. The van der Waals surface area contributed by atoms with E-state index < -0.39 is 24.5 Å². The van der Waals surface area contributed by atoms with Crippen LogP contribution in [0.5, 0.6) is 0 Å². The van der Waals surface area contributed by atoms with E-state index in [2.05, 4.69) is 10.1 Å². The molecule has 0 aromatic heterocycles. The van der Waals surface area contributed by atoms with Crippen LogP contribution in [0.2, 0.25) is 0 Å². The summed E-state index contributed by atoms with van der Waals surface area (Å²) in [5, 5.41) is 2.64. The maximum absolute atomic E-state index is 12.1. The molecule has 0 heterocycles. The summed E-state index contributed by atoms with van der Waals surface area (Å²) in [5.74, 6) is -1.32. The van der Waals surface area contributed by atoms with Crippen molar-refractivity contribution in [3.8, 4) is 0 Å². The van der Waals surface area contributed by atoms with Crippen molar-refractivity contribution in [3.05, 3.63) is 58.7 Å². The van der Waals surface area contributed by atoms with Crippen molar-refractivity contribution in [2.24, 2.45) is 0 Å². The molecule has 6 nitrogen and oxygen atoms in total. The molecule has 2 aromatic rings. The molecular formula is C21H23NO5S. The van der Waals surface area contributed by atoms with Gasteiger partial charge in [-0.3, -0.25) is 9.59 Å². The van der Waals surface area contributed by atoms with Gasteiger partial charge in [-0.25, -0.2) is 4.79 Å². The van der Waals surface area contributed by atoms with Gasteiger partial charge in [0.2, 0.25) is 0 Å². The average Bonchev–Trinajstić information content (AvgIpc) is 2.68. The highest BCUT2D eigenvalue weighted by atomic mass is 32.2. The molecule has 0 aliphatic carbocycles. The van der Waals surface area contributed by atoms with Crippen LogP contribution in [0.4, 0.5) is 5.69 Å². The quantitative estimate of drug-likeness (QED) is 0.563. The molecule has 0 fully saturated rings. The number of carbonyl (C=O) groups is 3. The van der Waals surface area contributed by atoms with E-state index in [4.69, 9.17) is 4.74 Å². The van der Waals surface area contributed by atoms with Gasteiger partial charge < -0.3 is 14.8 Å². The van der Waals surface area contributed by atoms with Crippen molar-refractivity contribution < 1.29 is 23.9 Å². The molecule has 0 aliphatic rings. The number of thioether (sulfide) groups is 1. The minimum atomic E-state index is -0.495. The summed E-state index contributed by atoms with van der Waals surface area (Å²) < 4.78 is 9.71. The van der Waals surface area contributed by atoms with E-state index in [1.165, 1.54) is 24.9 Å². The Balaban J connectivity index is 1.86. The Morgan fingerprint density at radius 1 is 1.00 bits per heavy atom. The summed E-state index contributed by atoms with van der Waals surface area (Å²) in [6, 6.07) is 10.9. The van der Waals surface area contributed by atoms with Gasteiger partial charge in [0.1, 0.15) is 0 Å². The van der Waals surface area contributed by atoms with E-state index in [0.717, 1.165) is 21.6 Å². The standard InChI is InChI=1S/C21H23NO5S/c1-13-5-6-15(3)18(9-13)28-12-20(24)27-11-19(23)22-17-10-16(21(25)26-4)8-7-14(17)2/h5-10H,11-12H2,1-4H3,(H,22,23). The van der Waals surface area contributed by atoms with Crippen LogP contribution in [0.1, 0.15) is 27.0 Å². The van der Waals surface area contributed by atoms with Gasteiger partial charge in [-0.15, -0.1) is 11.8 Å². The van der Waals surface area contributed by atoms with Crippen LogP contribution in [0.3, 0.4) is 0 Å². The van der Waals surface area contributed by atoms with Crippen molar-refractivity contribution in [1.29, 1.82) is 0 Å². The minimum Gasteiger partial charge on any atom is -0.465 e. The molecule has 28 heavy (non-hydrogen) atoms. The Morgan fingerprint density at radius 3 is 2.43 bits per heavy atom. The van der Waals surface area contributed by atoms with E-state index >= 15 is 0 Å². The van der Waals surface area contributed by atoms with Gasteiger partial charge in [-0.2, -0.15) is 0 Å². The fraction of sp³-hybridized carbons (Fsp3) is 0.286. The van der Waals surface area contributed by atoms with Gasteiger partial charge in [0, 0.05) is 10.6 Å². The molecule has 0 bridgehead atoms. The number of esters is 2. The number of aryl methyl sites for hydroxylation is 3. The lowest BCUT2D eigenvalue weighted by molar-refractivity contribution is -0.144. The number of rotatable bonds is 7. The van der Waals surface area contributed by atoms with Gasteiger partial charge in [0.15, 0.2) is 6.61 Å². The van der Waals surface area contributed by atoms with Gasteiger partial charge in [0.05, 0.1) is 18.4 Å². The molecule has 2 rings (SSSR count). The molecule has 0 aliphatic heterocycles. The van der Waals surface area contributed by atoms with Gasteiger partial charge in [-0.05, 0) is 50.1 Å². The van der Waals surface area contributed by atoms with Crippen LogP contribution in [0.25, 0.3) is 0 Å². The summed E-state index contributed by atoms with van der Waals surface area (Å²) in [6.45, 7) is 5.37. The highest BCUT2D eigenvalue weighted by Gasteiger charge is 2.13. The summed E-state index contributed by atoms with van der Waals surface area (Å²) in [7, 11) is 1.29. The average molecular weight is 401 g/mol. The van der Waals surface area contributed by atoms with Crippen LogP contribution < -0.4 is 5.32 Å². The maximum atomic E-state index is 12.1. The lowest BCUT2D eigenvalue weighted by atomic mass is 10.1. The number of anilines is 1. The third-order valence-corrected chi connectivity index (χ3v) is 5.12. The highest BCUT2D eigenvalue weighted by molar-refractivity contribution is 8.00. The molecule has 1 amide bonds. The molecule has 0 unspecified atom stereocenters. The Morgan fingerprint density at radius 2 is 1.71 bits per heavy atom. The molecule has 0 saturated heterocycles. The zero-order valence-corrected chi connectivity index (χ0v) is 17.1. The number of hydrogen-bond acceptors (Lipinski definition) is 6. The molecule has 148 valence electrons. The summed E-state index contributed by atoms with van der Waals surface area (Å²) in [4.78, 5) is 36.6. The van der Waals surface area contributed by atoms with Crippen LogP contribution in [-0.4, -0.2) is 37.3 Å². The zero-order chi connectivity index (χ0) is 20.7. The molecule has 0 radical (unpaired) electrons. The topological polar surface area (TPSA) is 81.7 Å². The number of ether oxygens (including phenoxy) is 2. The first-order valence-electron chi connectivity index (χ1n) is 8.64. The maximum Gasteiger partial charge on any atom is 0.337 e. The molecule has 0 spiro atoms. The van der Waals surface area contributed by atoms with E-state index in [0.29, 0.717) is 11.3 Å². The summed E-state index contributed by atoms with van der Waals surface area (Å²) in [6.07, 6.45) is 0. The number of nitrogens with one attached hydrogen (secondary N) is 1. The largest absolute Gasteiger partial charge is 0.465 e. The first kappa shape index (κ1) is 21.5. The van der Waals surface area contributed by atoms with Crippen molar-refractivity contribution in [2.75, 3.05) is 24.8 Å². The fourth-order valence-electron chi connectivity index (χ4n) is 2.37. The smallest absolute Gasteiger partial charge is 0.337 e. The van der Waals surface area contributed by atoms with Gasteiger partial charge >= 0.3 is 11.9 Å². The number of methoxy groups -OCH3 is 1. The first-order chi connectivity index (χ1) is 13.3. The number of hydrogen-bond donors (Lipinski definition) is 1. The van der Waals surface area contributed by atoms with Crippen molar-refractivity contribution in [2.45, 2.75) is 25.7 Å². The number of amides is 1. The van der Waals surface area contributed by atoms with E-state index in [-0.39, 0.29) is 5.75 Å². The predicted octanol–water partition coefficient (Wildman–Crippen LogP) is 3.67.